The van der Waals surface area contributed by atoms with E-state index in [-0.39, 0.29) is 142 Å². The number of aliphatic hydroxyl groups is 4. The molecule has 2 atom stereocenters. The van der Waals surface area contributed by atoms with Gasteiger partial charge in [0.15, 0.2) is 44.7 Å². The van der Waals surface area contributed by atoms with Crippen LogP contribution in [0.1, 0.15) is 167 Å². The summed E-state index contributed by atoms with van der Waals surface area (Å²) in [7, 11) is 2.89. The van der Waals surface area contributed by atoms with Gasteiger partial charge in [0, 0.05) is 62.0 Å². The summed E-state index contributed by atoms with van der Waals surface area (Å²) in [5, 5.41) is 98.0. The van der Waals surface area contributed by atoms with Gasteiger partial charge in [-0.25, -0.2) is 0 Å². The lowest BCUT2D eigenvalue weighted by atomic mass is 9.78. The Hall–Kier alpha value is -7.04. The standard InChI is InChI=1S/C54H71N5O7.C42H46N2O8.6ClH/c1-6-56-17-23-58(24-18-56,25-19-56)15-11-8-9-13-38-39-29-34(3)42(35(4)55-14-10-12-16-59-26-20-57(7-2,21-27-59)22-28-59)51-50-45(39)48-43(36(32-60)30-40(62)46(48)52(38)64)44-37(33-61)31-41(63)47(49(44)50)53(65)54(51)66-5;1-5-43-11-14-44(15-12-43,16-13-43)10-8-6-7-9-26-27-17-22(2)30(23(3)47)39-38-33(27)36-31(24(20-45)18-28(48)34(36)40(26)50)32-25(21-46)19-29(49)35(37(32)38)41(51)42(39)52-4;;;;;;/h29-31,42,60-61H,6-28,32-33H2,1-5H3;17-19,30,45-46H,5-16,20-21H2,1-4H3;6*1H/q+2;;;;;;;/p-2. The average molecular weight is 1830 g/mol. The number of phenolic OH excluding ortho intramolecular Hbond substituents is 4. The first-order chi connectivity index (χ1) is 56.8. The summed E-state index contributed by atoms with van der Waals surface area (Å²) in [5.74, 6) is -2.27. The number of hydrogen-bond donors (Lipinski definition) is 8. The Labute approximate surface area is 761 Å². The average Bonchev–Trinajstić information content (AvgIpc) is 1.21. The fourth-order valence-electron chi connectivity index (χ4n) is 24.5. The number of aliphatic imine (C=N–C) groups is 1. The molecule has 2 unspecified atom stereocenters. The molecule has 0 spiro atoms. The number of halogens is 6. The number of benzene rings is 10. The zero-order chi connectivity index (χ0) is 83.2. The van der Waals surface area contributed by atoms with Crippen molar-refractivity contribution in [2.75, 3.05) is 178 Å². The number of aliphatic hydroxyl groups excluding tert-OH is 4. The van der Waals surface area contributed by atoms with Gasteiger partial charge in [0.2, 0.25) is 0 Å². The largest absolute Gasteiger partial charge is 1.00 e. The number of nitrogens with zero attached hydrogens (tertiary/aromatic N) is 7. The fourth-order valence-corrected chi connectivity index (χ4v) is 24.5. The minimum absolute atomic E-state index is 0. The molecule has 22 nitrogen and oxygen atoms in total. The van der Waals surface area contributed by atoms with Crippen LogP contribution in [-0.2, 0) is 44.1 Å². The third kappa shape index (κ3) is 15.3. The molecule has 9 heterocycles. The van der Waals surface area contributed by atoms with Gasteiger partial charge in [-0.15, -0.1) is 0 Å². The van der Waals surface area contributed by atoms with Crippen LogP contribution in [0, 0.1) is 0 Å². The van der Waals surface area contributed by atoms with Gasteiger partial charge >= 0.3 is 0 Å². The van der Waals surface area contributed by atoms with Gasteiger partial charge in [-0.3, -0.25) is 29.0 Å². The highest BCUT2D eigenvalue weighted by Gasteiger charge is 2.51. The predicted octanol–water partition coefficient (Wildman–Crippen LogP) is -7.08. The highest BCUT2D eigenvalue weighted by Crippen LogP contribution is 2.59. The second-order valence-corrected chi connectivity index (χ2v) is 37.1. The van der Waals surface area contributed by atoms with E-state index < -0.39 is 65.7 Å². The minimum Gasteiger partial charge on any atom is -1.00 e. The second-order valence-electron chi connectivity index (χ2n) is 37.1. The number of hydrogen-bond acceptors (Lipinski definition) is 16. The summed E-state index contributed by atoms with van der Waals surface area (Å²) in [6.07, 6.45) is 12.8. The van der Waals surface area contributed by atoms with Crippen LogP contribution in [0.25, 0.3) is 98.3 Å². The van der Waals surface area contributed by atoms with E-state index in [9.17, 15) is 64.8 Å². The predicted molar refractivity (Wildman–Crippen MR) is 467 cm³/mol. The summed E-state index contributed by atoms with van der Waals surface area (Å²) >= 11 is 0. The highest BCUT2D eigenvalue weighted by atomic mass is 35.5. The Morgan fingerprint density at radius 1 is 0.363 bits per heavy atom. The number of rotatable bonds is 28. The molecule has 11 aliphatic rings. The number of Topliss-reactive ketones (excluding diaryl/α,β-unsaturated/α-hetero) is 1. The number of piperazine rings is 9. The number of carbonyl (C=O) groups is 1. The molecule has 9 aliphatic heterocycles. The topological polar surface area (TPSA) is 278 Å². The van der Waals surface area contributed by atoms with E-state index in [1.54, 1.807) is 0 Å². The normalized spacial score (nSPS) is 24.0. The van der Waals surface area contributed by atoms with Crippen molar-refractivity contribution in [2.24, 2.45) is 4.99 Å². The molecule has 10 aromatic carbocycles. The number of methoxy groups -OCH3 is 2. The van der Waals surface area contributed by atoms with E-state index in [1.165, 1.54) is 216 Å². The fraction of sp³-hybridized carbons (Fsp3) is 0.521. The number of carbonyl (C=O) groups excluding carboxylic acids is 1. The maximum Gasteiger partial charge on any atom is 0.190 e. The number of allylic oxidation sites excluding steroid dienone is 2. The van der Waals surface area contributed by atoms with E-state index in [4.69, 9.17) is 14.5 Å². The van der Waals surface area contributed by atoms with Crippen molar-refractivity contribution in [1.82, 2.24) is 0 Å². The first-order valence-corrected chi connectivity index (χ1v) is 44.0. The van der Waals surface area contributed by atoms with Crippen molar-refractivity contribution in [3.63, 3.8) is 0 Å². The first kappa shape index (κ1) is 97.6. The van der Waals surface area contributed by atoms with Crippen LogP contribution in [0.3, 0.4) is 0 Å². The molecular weight excluding hydrogens is 1700 g/mol. The van der Waals surface area contributed by atoms with Crippen molar-refractivity contribution in [3.05, 3.63) is 132 Å². The molecule has 124 heavy (non-hydrogen) atoms. The van der Waals surface area contributed by atoms with Gasteiger partial charge in [-0.05, 0) is 213 Å². The first-order valence-electron chi connectivity index (χ1n) is 44.0. The zero-order valence-corrected chi connectivity index (χ0v) is 77.6. The summed E-state index contributed by atoms with van der Waals surface area (Å²) in [6, 6.07) is 5.29. The Morgan fingerprint density at radius 2 is 0.637 bits per heavy atom. The molecule has 6 bridgehead atoms. The Bertz CT molecular complexity index is 6090. The third-order valence-electron chi connectivity index (χ3n) is 31.8. The van der Waals surface area contributed by atoms with Crippen LogP contribution in [0.5, 0.6) is 34.5 Å². The number of unbranched alkanes of at least 4 members (excludes halogenated alkanes) is 5. The highest BCUT2D eigenvalue weighted by molar-refractivity contribution is 6.40. The Morgan fingerprint density at radius 3 is 0.927 bits per heavy atom. The van der Waals surface area contributed by atoms with Crippen LogP contribution in [0.4, 0.5) is 0 Å². The molecule has 8 N–H and O–H groups in total. The number of likely N-dealkylation sites (N-methyl/N-ethyl adjacent to an activating group) is 3. The number of fused-ring (bicyclic) bond motifs is 11. The molecule has 10 aromatic rings. The molecule has 0 saturated carbocycles. The van der Waals surface area contributed by atoms with Gasteiger partial charge in [0.25, 0.3) is 0 Å². The van der Waals surface area contributed by atoms with E-state index in [2.05, 4.69) is 33.8 Å². The van der Waals surface area contributed by atoms with Crippen molar-refractivity contribution in [2.45, 2.75) is 151 Å². The molecule has 0 radical (unpaired) electrons. The van der Waals surface area contributed by atoms with E-state index >= 15 is 0 Å². The second kappa shape index (κ2) is 37.2. The van der Waals surface area contributed by atoms with Crippen LogP contribution in [-0.4, -0.2) is 257 Å². The van der Waals surface area contributed by atoms with Gasteiger partial charge in [0.1, 0.15) is 135 Å². The number of phenols is 4. The van der Waals surface area contributed by atoms with Gasteiger partial charge < -0.3 is 152 Å². The molecule has 0 aromatic heterocycles. The molecule has 2 aliphatic carbocycles. The molecule has 0 amide bonds. The van der Waals surface area contributed by atoms with Crippen molar-refractivity contribution in [1.29, 1.82) is 0 Å². The molecule has 672 valence electrons. The minimum atomic E-state index is -0.874. The molecule has 28 heteroatoms. The van der Waals surface area contributed by atoms with Crippen LogP contribution in [0.15, 0.2) is 59.6 Å². The summed E-state index contributed by atoms with van der Waals surface area (Å²) < 4.78 is 19.4. The maximum atomic E-state index is 14.4. The smallest absolute Gasteiger partial charge is 0.190 e. The van der Waals surface area contributed by atoms with Gasteiger partial charge in [-0.1, -0.05) is 23.3 Å². The SMILES string of the molecule is CC[N+]12CC[N+](CCCCCc3c(O)c4c(=O)cc(CO)c5c6c(CO)cc(=O)c7c(O)c(OC)c8c(c(c3C=C(C)C8C(C)=NCCCC[N+]38CC[N+](CC)(CC3)CC8)c45)c76)(CC1)CC2.CC[N+]12CC[N+](CCCCCc3c(O)c4c(=O)cc(CO)c5c6c(CO)cc(=O)c7c(O)c(OC)c8c(c(c3C=C(C)C8C(C)=O)c45)c76)(CC1)CC2.[Cl-].[Cl-].[Cl-].[Cl-].[Cl-].[Cl-]. The molecular formula is C96H121Cl6N7O15. The molecule has 21 rings (SSSR count). The van der Waals surface area contributed by atoms with Crippen molar-refractivity contribution < 1.29 is 156 Å². The van der Waals surface area contributed by atoms with E-state index in [0.717, 1.165) is 81.3 Å². The zero-order valence-electron chi connectivity index (χ0n) is 73.0. The maximum absolute atomic E-state index is 14.4. The number of ketones is 1. The Kier molecular flexibility index (Phi) is 29.3. The van der Waals surface area contributed by atoms with Gasteiger partial charge in [0.05, 0.1) is 107 Å². The lowest BCUT2D eigenvalue weighted by Gasteiger charge is -2.55. The monoisotopic (exact) mass is 1820 g/mol. The van der Waals surface area contributed by atoms with Crippen molar-refractivity contribution in [3.8, 4) is 34.5 Å². The summed E-state index contributed by atoms with van der Waals surface area (Å²) in [4.78, 5) is 75.3. The number of ether oxygens (including phenoxy) is 2. The number of quaternary nitrogens is 6. The van der Waals surface area contributed by atoms with Crippen molar-refractivity contribution >= 4 is 110 Å². The summed E-state index contributed by atoms with van der Waals surface area (Å²) in [5.41, 5.74) is 5.49. The number of aromatic hydroxyl groups is 4. The van der Waals surface area contributed by atoms with Crippen LogP contribution >= 0.6 is 0 Å². The van der Waals surface area contributed by atoms with Crippen LogP contribution in [0.2, 0.25) is 0 Å². The third-order valence-corrected chi connectivity index (χ3v) is 31.8. The lowest BCUT2D eigenvalue weighted by molar-refractivity contribution is -1.08. The van der Waals surface area contributed by atoms with E-state index in [1.807, 2.05) is 19.9 Å². The summed E-state index contributed by atoms with van der Waals surface area (Å²) in [6.45, 7) is 42.9. The molecule has 9 fully saturated rings. The molecule has 9 saturated heterocycles. The lowest BCUT2D eigenvalue weighted by Crippen LogP contribution is -3.00. The van der Waals surface area contributed by atoms with Gasteiger partial charge in [-0.2, -0.15) is 0 Å². The Balaban J connectivity index is 0.000000236. The van der Waals surface area contributed by atoms with E-state index in [0.29, 0.717) is 129 Å². The van der Waals surface area contributed by atoms with Crippen LogP contribution < -0.4 is 106 Å². The quantitative estimate of drug-likeness (QED) is 0.00745.